The lowest BCUT2D eigenvalue weighted by Crippen LogP contribution is -2.42. The van der Waals surface area contributed by atoms with Crippen molar-refractivity contribution < 1.29 is 14.3 Å². The molecule has 0 aromatic carbocycles. The summed E-state index contributed by atoms with van der Waals surface area (Å²) in [5.74, 6) is -0.594. The van der Waals surface area contributed by atoms with Crippen LogP contribution in [0.5, 0.6) is 0 Å². The Morgan fingerprint density at radius 3 is 2.65 bits per heavy atom. The van der Waals surface area contributed by atoms with Gasteiger partial charge in [-0.1, -0.05) is 13.8 Å². The van der Waals surface area contributed by atoms with Crippen LogP contribution in [0.4, 0.5) is 0 Å². The molecule has 0 spiro atoms. The fourth-order valence-electron chi connectivity index (χ4n) is 2.49. The highest BCUT2D eigenvalue weighted by Crippen LogP contribution is 2.13. The second-order valence-electron chi connectivity index (χ2n) is 6.01. The number of rotatable bonds is 5. The second kappa shape index (κ2) is 6.76. The smallest absolute Gasteiger partial charge is 0.328 e. The van der Waals surface area contributed by atoms with Gasteiger partial charge in [-0.3, -0.25) is 4.79 Å². The fourth-order valence-corrected chi connectivity index (χ4v) is 2.49. The van der Waals surface area contributed by atoms with E-state index in [0.29, 0.717) is 17.6 Å². The van der Waals surface area contributed by atoms with Crippen LogP contribution in [0, 0.1) is 19.8 Å². The minimum absolute atomic E-state index is 0.242. The molecule has 0 saturated heterocycles. The molecule has 0 saturated carbocycles. The van der Waals surface area contributed by atoms with Gasteiger partial charge in [-0.15, -0.1) is 0 Å². The summed E-state index contributed by atoms with van der Waals surface area (Å²) in [7, 11) is 1.31. The molecular weight excluding hydrogens is 296 g/mol. The summed E-state index contributed by atoms with van der Waals surface area (Å²) in [6.45, 7) is 7.71. The third-order valence-electron chi connectivity index (χ3n) is 3.52. The van der Waals surface area contributed by atoms with E-state index in [-0.39, 0.29) is 11.8 Å². The van der Waals surface area contributed by atoms with Crippen molar-refractivity contribution >= 4 is 17.5 Å². The molecule has 0 aliphatic carbocycles. The lowest BCUT2D eigenvalue weighted by molar-refractivity contribution is -0.143. The average molecular weight is 318 g/mol. The van der Waals surface area contributed by atoms with E-state index in [1.54, 1.807) is 4.52 Å². The molecule has 2 rings (SSSR count). The second-order valence-corrected chi connectivity index (χ2v) is 6.01. The number of carbonyl (C=O) groups excluding carboxylic acids is 2. The van der Waals surface area contributed by atoms with Gasteiger partial charge in [0.25, 0.3) is 5.91 Å². The van der Waals surface area contributed by atoms with Gasteiger partial charge >= 0.3 is 5.97 Å². The van der Waals surface area contributed by atoms with Gasteiger partial charge < -0.3 is 10.1 Å². The van der Waals surface area contributed by atoms with E-state index >= 15 is 0 Å². The first-order valence-corrected chi connectivity index (χ1v) is 7.54. The SMILES string of the molecule is COC(=O)[C@H](CC(C)C)NC(=O)c1cnn2c(C)cc(C)nc12. The van der Waals surface area contributed by atoms with Crippen LogP contribution < -0.4 is 5.32 Å². The number of aromatic nitrogens is 3. The van der Waals surface area contributed by atoms with Gasteiger partial charge in [0.2, 0.25) is 0 Å². The number of nitrogens with zero attached hydrogens (tertiary/aromatic N) is 3. The Bertz CT molecular complexity index is 736. The number of fused-ring (bicyclic) bond motifs is 1. The number of esters is 1. The number of ether oxygens (including phenoxy) is 1. The van der Waals surface area contributed by atoms with E-state index < -0.39 is 12.0 Å². The average Bonchev–Trinajstić information content (AvgIpc) is 2.89. The minimum atomic E-state index is -0.687. The topological polar surface area (TPSA) is 85.6 Å². The molecule has 2 aromatic rings. The van der Waals surface area contributed by atoms with E-state index in [1.165, 1.54) is 13.3 Å². The van der Waals surface area contributed by atoms with Crippen molar-refractivity contribution in [2.45, 2.75) is 40.2 Å². The summed E-state index contributed by atoms with van der Waals surface area (Å²) in [5, 5.41) is 6.92. The van der Waals surface area contributed by atoms with Gasteiger partial charge in [0.1, 0.15) is 11.6 Å². The zero-order valence-corrected chi connectivity index (χ0v) is 14.1. The molecule has 0 bridgehead atoms. The highest BCUT2D eigenvalue weighted by molar-refractivity contribution is 6.01. The van der Waals surface area contributed by atoms with Gasteiger partial charge in [0, 0.05) is 11.4 Å². The normalized spacial score (nSPS) is 12.4. The fraction of sp³-hybridized carbons (Fsp3) is 0.500. The molecule has 2 heterocycles. The van der Waals surface area contributed by atoms with Gasteiger partial charge in [-0.25, -0.2) is 14.3 Å². The highest BCUT2D eigenvalue weighted by Gasteiger charge is 2.25. The van der Waals surface area contributed by atoms with E-state index in [4.69, 9.17) is 4.74 Å². The number of hydrogen-bond acceptors (Lipinski definition) is 5. The predicted octanol–water partition coefficient (Wildman–Crippen LogP) is 1.66. The maximum Gasteiger partial charge on any atom is 0.328 e. The first-order valence-electron chi connectivity index (χ1n) is 7.54. The molecule has 23 heavy (non-hydrogen) atoms. The van der Waals surface area contributed by atoms with Crippen LogP contribution in [-0.2, 0) is 9.53 Å². The summed E-state index contributed by atoms with van der Waals surface area (Å²) < 4.78 is 6.38. The molecular formula is C16H22N4O3. The Morgan fingerprint density at radius 2 is 2.04 bits per heavy atom. The van der Waals surface area contributed by atoms with Crippen molar-refractivity contribution in [1.82, 2.24) is 19.9 Å². The first-order chi connectivity index (χ1) is 10.8. The maximum absolute atomic E-state index is 12.5. The van der Waals surface area contributed by atoms with Crippen LogP contribution in [0.2, 0.25) is 0 Å². The molecule has 0 aliphatic heterocycles. The molecule has 0 radical (unpaired) electrons. The number of aryl methyl sites for hydroxylation is 2. The zero-order chi connectivity index (χ0) is 17.1. The third kappa shape index (κ3) is 3.67. The van der Waals surface area contributed by atoms with Crippen molar-refractivity contribution in [2.24, 2.45) is 5.92 Å². The summed E-state index contributed by atoms with van der Waals surface area (Å²) in [5.41, 5.74) is 2.51. The molecule has 1 N–H and O–H groups in total. The predicted molar refractivity (Wildman–Crippen MR) is 85.2 cm³/mol. The number of amides is 1. The van der Waals surface area contributed by atoms with Crippen molar-refractivity contribution in [3.8, 4) is 0 Å². The molecule has 1 amide bonds. The van der Waals surface area contributed by atoms with Gasteiger partial charge in [-0.05, 0) is 32.3 Å². The summed E-state index contributed by atoms with van der Waals surface area (Å²) in [4.78, 5) is 28.8. The van der Waals surface area contributed by atoms with Crippen LogP contribution in [0.15, 0.2) is 12.3 Å². The van der Waals surface area contributed by atoms with Crippen LogP contribution in [0.1, 0.15) is 42.0 Å². The molecule has 1 atom stereocenters. The van der Waals surface area contributed by atoms with Crippen molar-refractivity contribution in [3.63, 3.8) is 0 Å². The van der Waals surface area contributed by atoms with E-state index in [0.717, 1.165) is 11.4 Å². The van der Waals surface area contributed by atoms with Crippen molar-refractivity contribution in [1.29, 1.82) is 0 Å². The van der Waals surface area contributed by atoms with Crippen LogP contribution in [-0.4, -0.2) is 39.6 Å². The Labute approximate surface area is 135 Å². The van der Waals surface area contributed by atoms with E-state index in [9.17, 15) is 9.59 Å². The van der Waals surface area contributed by atoms with Gasteiger partial charge in [0.05, 0.1) is 13.3 Å². The van der Waals surface area contributed by atoms with E-state index in [2.05, 4.69) is 15.4 Å². The maximum atomic E-state index is 12.5. The molecule has 7 nitrogen and oxygen atoms in total. The molecule has 0 fully saturated rings. The lowest BCUT2D eigenvalue weighted by atomic mass is 10.0. The Hall–Kier alpha value is -2.44. The van der Waals surface area contributed by atoms with Crippen molar-refractivity contribution in [2.75, 3.05) is 7.11 Å². The third-order valence-corrected chi connectivity index (χ3v) is 3.52. The van der Waals surface area contributed by atoms with Gasteiger partial charge in [0.15, 0.2) is 5.65 Å². The standard InChI is InChI=1S/C16H22N4O3/c1-9(2)6-13(16(22)23-5)19-15(21)12-8-17-20-11(4)7-10(3)18-14(12)20/h7-9,13H,6H2,1-5H3,(H,19,21)/t13-/m0/s1. The number of nitrogens with one attached hydrogen (secondary N) is 1. The van der Waals surface area contributed by atoms with Crippen molar-refractivity contribution in [3.05, 3.63) is 29.2 Å². The van der Waals surface area contributed by atoms with Gasteiger partial charge in [-0.2, -0.15) is 5.10 Å². The summed E-state index contributed by atoms with van der Waals surface area (Å²) in [6.07, 6.45) is 1.97. The molecule has 7 heteroatoms. The summed E-state index contributed by atoms with van der Waals surface area (Å²) in [6, 6.07) is 1.20. The highest BCUT2D eigenvalue weighted by atomic mass is 16.5. The van der Waals surface area contributed by atoms with E-state index in [1.807, 2.05) is 33.8 Å². The lowest BCUT2D eigenvalue weighted by Gasteiger charge is -2.17. The Balaban J connectivity index is 2.31. The molecule has 0 aliphatic rings. The summed E-state index contributed by atoms with van der Waals surface area (Å²) >= 11 is 0. The first kappa shape index (κ1) is 16.9. The number of methoxy groups -OCH3 is 1. The molecule has 124 valence electrons. The molecule has 2 aromatic heterocycles. The van der Waals surface area contributed by atoms with Crippen LogP contribution in [0.3, 0.4) is 0 Å². The minimum Gasteiger partial charge on any atom is -0.467 e. The Kier molecular flexibility index (Phi) is 4.98. The molecule has 0 unspecified atom stereocenters. The quantitative estimate of drug-likeness (QED) is 0.848. The van der Waals surface area contributed by atoms with Crippen LogP contribution in [0.25, 0.3) is 5.65 Å². The number of hydrogen-bond donors (Lipinski definition) is 1. The number of carbonyl (C=O) groups is 2. The monoisotopic (exact) mass is 318 g/mol. The largest absolute Gasteiger partial charge is 0.467 e. The zero-order valence-electron chi connectivity index (χ0n) is 14.1. The van der Waals surface area contributed by atoms with Crippen LogP contribution >= 0.6 is 0 Å². The Morgan fingerprint density at radius 1 is 1.35 bits per heavy atom.